The lowest BCUT2D eigenvalue weighted by Crippen LogP contribution is -2.14. The quantitative estimate of drug-likeness (QED) is 0.302. The Hall–Kier alpha value is -3.79. The zero-order valence-corrected chi connectivity index (χ0v) is 18.6. The number of nitrogens with one attached hydrogen (secondary N) is 2. The SMILES string of the molecule is Cc1nc(NC(=O)Cc2cccc(F)c2)sc1-c1ccnc(Nc2cccc(C(F)(F)F)c2)c1. The van der Waals surface area contributed by atoms with Gasteiger partial charge >= 0.3 is 6.18 Å². The van der Waals surface area contributed by atoms with E-state index in [1.807, 2.05) is 0 Å². The molecule has 0 aliphatic carbocycles. The van der Waals surface area contributed by atoms with Gasteiger partial charge in [0.05, 0.1) is 22.6 Å². The second-order valence-electron chi connectivity index (χ2n) is 7.42. The molecule has 2 aromatic carbocycles. The topological polar surface area (TPSA) is 66.9 Å². The van der Waals surface area contributed by atoms with Gasteiger partial charge in [-0.2, -0.15) is 13.2 Å². The fraction of sp³-hybridized carbons (Fsp3) is 0.125. The van der Waals surface area contributed by atoms with Gasteiger partial charge in [-0.25, -0.2) is 14.4 Å². The minimum atomic E-state index is -4.44. The van der Waals surface area contributed by atoms with E-state index >= 15 is 0 Å². The zero-order valence-electron chi connectivity index (χ0n) is 17.8. The lowest BCUT2D eigenvalue weighted by atomic mass is 10.1. The Morgan fingerprint density at radius 3 is 2.62 bits per heavy atom. The molecule has 34 heavy (non-hydrogen) atoms. The number of pyridine rings is 1. The van der Waals surface area contributed by atoms with Crippen LogP contribution < -0.4 is 10.6 Å². The molecule has 2 aromatic heterocycles. The molecule has 0 unspecified atom stereocenters. The lowest BCUT2D eigenvalue weighted by Gasteiger charge is -2.10. The highest BCUT2D eigenvalue weighted by atomic mass is 32.1. The Morgan fingerprint density at radius 2 is 1.85 bits per heavy atom. The number of rotatable bonds is 6. The van der Waals surface area contributed by atoms with Gasteiger partial charge in [-0.1, -0.05) is 29.5 Å². The number of hydrogen-bond donors (Lipinski definition) is 2. The third-order valence-electron chi connectivity index (χ3n) is 4.78. The Morgan fingerprint density at radius 1 is 1.06 bits per heavy atom. The molecule has 174 valence electrons. The maximum Gasteiger partial charge on any atom is 0.416 e. The number of thiazole rings is 1. The first-order valence-corrected chi connectivity index (χ1v) is 10.9. The Balaban J connectivity index is 1.49. The van der Waals surface area contributed by atoms with E-state index in [1.54, 1.807) is 25.1 Å². The minimum Gasteiger partial charge on any atom is -0.340 e. The summed E-state index contributed by atoms with van der Waals surface area (Å²) >= 11 is 1.25. The van der Waals surface area contributed by atoms with E-state index in [0.717, 1.165) is 22.6 Å². The molecule has 5 nitrogen and oxygen atoms in total. The molecule has 0 saturated carbocycles. The fourth-order valence-corrected chi connectivity index (χ4v) is 4.25. The number of aryl methyl sites for hydroxylation is 1. The van der Waals surface area contributed by atoms with Crippen LogP contribution in [-0.4, -0.2) is 15.9 Å². The van der Waals surface area contributed by atoms with Crippen molar-refractivity contribution in [3.05, 3.63) is 89.5 Å². The molecule has 0 aliphatic rings. The molecule has 0 radical (unpaired) electrons. The first kappa shape index (κ1) is 23.4. The second-order valence-corrected chi connectivity index (χ2v) is 8.42. The maximum absolute atomic E-state index is 13.3. The van der Waals surface area contributed by atoms with Gasteiger partial charge in [0.1, 0.15) is 11.6 Å². The Bertz CT molecular complexity index is 1340. The van der Waals surface area contributed by atoms with Crippen molar-refractivity contribution in [2.75, 3.05) is 10.6 Å². The first-order chi connectivity index (χ1) is 16.2. The molecule has 0 bridgehead atoms. The first-order valence-electron chi connectivity index (χ1n) is 10.1. The van der Waals surface area contributed by atoms with Crippen molar-refractivity contribution in [3.63, 3.8) is 0 Å². The van der Waals surface area contributed by atoms with Gasteiger partial charge in [-0.3, -0.25) is 4.79 Å². The fourth-order valence-electron chi connectivity index (χ4n) is 3.27. The van der Waals surface area contributed by atoms with Gasteiger partial charge in [0, 0.05) is 11.9 Å². The molecule has 0 atom stereocenters. The largest absolute Gasteiger partial charge is 0.416 e. The molecule has 0 spiro atoms. The molecular weight excluding hydrogens is 468 g/mol. The van der Waals surface area contributed by atoms with Crippen LogP contribution in [0.25, 0.3) is 10.4 Å². The van der Waals surface area contributed by atoms with E-state index < -0.39 is 17.6 Å². The molecule has 2 N–H and O–H groups in total. The highest BCUT2D eigenvalue weighted by Gasteiger charge is 2.30. The van der Waals surface area contributed by atoms with Gasteiger partial charge in [0.15, 0.2) is 5.13 Å². The standard InChI is InChI=1S/C24H18F4N4OS/c1-14-22(34-23(30-14)32-21(33)11-15-4-2-6-18(25)10-15)16-8-9-29-20(12-16)31-19-7-3-5-17(13-19)24(26,27)28/h2-10,12-13H,11H2,1H3,(H,29,31)(H,30,32,33). The number of anilines is 3. The van der Waals surface area contributed by atoms with Crippen LogP contribution in [-0.2, 0) is 17.4 Å². The van der Waals surface area contributed by atoms with Crippen molar-refractivity contribution in [1.29, 1.82) is 0 Å². The van der Waals surface area contributed by atoms with Crippen LogP contribution >= 0.6 is 11.3 Å². The number of benzene rings is 2. The van der Waals surface area contributed by atoms with Crippen molar-refractivity contribution >= 4 is 33.9 Å². The van der Waals surface area contributed by atoms with Crippen molar-refractivity contribution in [3.8, 4) is 10.4 Å². The van der Waals surface area contributed by atoms with E-state index in [1.165, 1.54) is 47.9 Å². The van der Waals surface area contributed by atoms with Gasteiger partial charge in [-0.05, 0) is 60.5 Å². The third kappa shape index (κ3) is 5.76. The highest BCUT2D eigenvalue weighted by Crippen LogP contribution is 2.35. The number of nitrogens with zero attached hydrogens (tertiary/aromatic N) is 2. The van der Waals surface area contributed by atoms with Crippen molar-refractivity contribution < 1.29 is 22.4 Å². The summed E-state index contributed by atoms with van der Waals surface area (Å²) in [5, 5.41) is 6.00. The maximum atomic E-state index is 13.3. The van der Waals surface area contributed by atoms with Gasteiger partial charge in [0.25, 0.3) is 0 Å². The van der Waals surface area contributed by atoms with Crippen LogP contribution in [0.15, 0.2) is 66.9 Å². The van der Waals surface area contributed by atoms with Crippen LogP contribution in [0.1, 0.15) is 16.8 Å². The molecule has 4 rings (SSSR count). The number of carbonyl (C=O) groups excluding carboxylic acids is 1. The summed E-state index contributed by atoms with van der Waals surface area (Å²) in [6, 6.07) is 14.1. The van der Waals surface area contributed by atoms with Crippen LogP contribution in [0.3, 0.4) is 0 Å². The molecule has 0 saturated heterocycles. The van der Waals surface area contributed by atoms with Gasteiger partial charge < -0.3 is 10.6 Å². The predicted octanol–water partition coefficient (Wildman–Crippen LogP) is 6.60. The number of amides is 1. The molecule has 0 fully saturated rings. The average Bonchev–Trinajstić information content (AvgIpc) is 3.13. The summed E-state index contributed by atoms with van der Waals surface area (Å²) < 4.78 is 52.2. The van der Waals surface area contributed by atoms with E-state index in [9.17, 15) is 22.4 Å². The van der Waals surface area contributed by atoms with E-state index in [4.69, 9.17) is 0 Å². The number of alkyl halides is 3. The predicted molar refractivity (Wildman–Crippen MR) is 124 cm³/mol. The third-order valence-corrected chi connectivity index (χ3v) is 5.90. The smallest absolute Gasteiger partial charge is 0.340 e. The summed E-state index contributed by atoms with van der Waals surface area (Å²) in [4.78, 5) is 21.7. The number of carbonyl (C=O) groups is 1. The van der Waals surface area contributed by atoms with E-state index in [-0.39, 0.29) is 18.0 Å². The molecule has 2 heterocycles. The zero-order chi connectivity index (χ0) is 24.3. The molecular formula is C24H18F4N4OS. The van der Waals surface area contributed by atoms with Crippen molar-refractivity contribution in [2.45, 2.75) is 19.5 Å². The summed E-state index contributed by atoms with van der Waals surface area (Å²) in [5.74, 6) is -0.376. The minimum absolute atomic E-state index is 0.00599. The summed E-state index contributed by atoms with van der Waals surface area (Å²) in [7, 11) is 0. The number of halogens is 4. The molecule has 10 heteroatoms. The van der Waals surface area contributed by atoms with Crippen molar-refractivity contribution in [1.82, 2.24) is 9.97 Å². The Kier molecular flexibility index (Phi) is 6.60. The average molecular weight is 486 g/mol. The van der Waals surface area contributed by atoms with Crippen LogP contribution in [0, 0.1) is 12.7 Å². The summed E-state index contributed by atoms with van der Waals surface area (Å²) in [6.07, 6.45) is -2.90. The monoisotopic (exact) mass is 486 g/mol. The molecule has 0 aliphatic heterocycles. The number of aromatic nitrogens is 2. The van der Waals surface area contributed by atoms with Gasteiger partial charge in [-0.15, -0.1) is 0 Å². The van der Waals surface area contributed by atoms with Crippen molar-refractivity contribution in [2.24, 2.45) is 0 Å². The van der Waals surface area contributed by atoms with E-state index in [2.05, 4.69) is 20.6 Å². The highest BCUT2D eigenvalue weighted by molar-refractivity contribution is 7.19. The van der Waals surface area contributed by atoms with Crippen LogP contribution in [0.5, 0.6) is 0 Å². The summed E-state index contributed by atoms with van der Waals surface area (Å²) in [6.45, 7) is 1.79. The second kappa shape index (κ2) is 9.60. The number of hydrogen-bond acceptors (Lipinski definition) is 5. The molecule has 4 aromatic rings. The summed E-state index contributed by atoms with van der Waals surface area (Å²) in [5.41, 5.74) is 1.45. The van der Waals surface area contributed by atoms with Crippen LogP contribution in [0.4, 0.5) is 34.2 Å². The normalized spacial score (nSPS) is 11.3. The Labute approximate surface area is 196 Å². The molecule has 1 amide bonds. The van der Waals surface area contributed by atoms with Gasteiger partial charge in [0.2, 0.25) is 5.91 Å². The van der Waals surface area contributed by atoms with Crippen LogP contribution in [0.2, 0.25) is 0 Å². The lowest BCUT2D eigenvalue weighted by molar-refractivity contribution is -0.137. The van der Waals surface area contributed by atoms with E-state index in [0.29, 0.717) is 22.2 Å².